The molecule has 1 aliphatic heterocycles. The summed E-state index contributed by atoms with van der Waals surface area (Å²) in [6, 6.07) is 5.23. The van der Waals surface area contributed by atoms with Crippen LogP contribution < -0.4 is 15.4 Å². The largest absolute Gasteiger partial charge is 0.491 e. The SMILES string of the molecule is CC1CCNCC1NC(=O)CCOc1ccc(Cl)cc1Cl.Cl. The Kier molecular flexibility index (Phi) is 8.33. The number of ether oxygens (including phenoxy) is 1. The summed E-state index contributed by atoms with van der Waals surface area (Å²) in [5.41, 5.74) is 0. The van der Waals surface area contributed by atoms with E-state index >= 15 is 0 Å². The highest BCUT2D eigenvalue weighted by atomic mass is 35.5. The Morgan fingerprint density at radius 3 is 2.91 bits per heavy atom. The molecule has 1 saturated heterocycles. The van der Waals surface area contributed by atoms with E-state index in [9.17, 15) is 4.79 Å². The number of amides is 1. The number of benzene rings is 1. The lowest BCUT2D eigenvalue weighted by atomic mass is 9.95. The van der Waals surface area contributed by atoms with Gasteiger partial charge in [-0.25, -0.2) is 0 Å². The molecule has 2 atom stereocenters. The van der Waals surface area contributed by atoms with E-state index in [0.29, 0.717) is 34.7 Å². The Morgan fingerprint density at radius 1 is 1.45 bits per heavy atom. The van der Waals surface area contributed by atoms with Gasteiger partial charge < -0.3 is 15.4 Å². The molecule has 0 aromatic heterocycles. The fraction of sp³-hybridized carbons (Fsp3) is 0.533. The van der Waals surface area contributed by atoms with Crippen molar-refractivity contribution in [2.24, 2.45) is 5.92 Å². The van der Waals surface area contributed by atoms with Crippen molar-refractivity contribution in [2.45, 2.75) is 25.8 Å². The standard InChI is InChI=1S/C15H20Cl2N2O2.ClH/c1-10-4-6-18-9-13(10)19-15(20)5-7-21-14-3-2-11(16)8-12(14)17;/h2-3,8,10,13,18H,4-7,9H2,1H3,(H,19,20);1H. The van der Waals surface area contributed by atoms with Crippen molar-refractivity contribution in [3.8, 4) is 5.75 Å². The number of piperidine rings is 1. The van der Waals surface area contributed by atoms with Crippen molar-refractivity contribution in [1.82, 2.24) is 10.6 Å². The van der Waals surface area contributed by atoms with Crippen LogP contribution >= 0.6 is 35.6 Å². The summed E-state index contributed by atoms with van der Waals surface area (Å²) in [6.07, 6.45) is 1.39. The highest BCUT2D eigenvalue weighted by Gasteiger charge is 2.22. The number of hydrogen-bond donors (Lipinski definition) is 2. The second-order valence-electron chi connectivity index (χ2n) is 5.32. The van der Waals surface area contributed by atoms with Gasteiger partial charge in [-0.1, -0.05) is 30.1 Å². The number of carbonyl (C=O) groups excluding carboxylic acids is 1. The van der Waals surface area contributed by atoms with E-state index in [0.717, 1.165) is 19.5 Å². The molecule has 124 valence electrons. The third-order valence-corrected chi connectivity index (χ3v) is 4.19. The fourth-order valence-electron chi connectivity index (χ4n) is 2.31. The normalized spacial score (nSPS) is 20.9. The molecule has 2 N–H and O–H groups in total. The van der Waals surface area contributed by atoms with E-state index in [2.05, 4.69) is 17.6 Å². The van der Waals surface area contributed by atoms with Gasteiger partial charge in [0, 0.05) is 17.6 Å². The van der Waals surface area contributed by atoms with Crippen LogP contribution in [0.5, 0.6) is 5.75 Å². The lowest BCUT2D eigenvalue weighted by Gasteiger charge is -2.30. The molecule has 0 saturated carbocycles. The molecule has 1 aromatic rings. The van der Waals surface area contributed by atoms with Crippen molar-refractivity contribution >= 4 is 41.5 Å². The lowest BCUT2D eigenvalue weighted by molar-refractivity contribution is -0.122. The Balaban J connectivity index is 0.00000242. The minimum Gasteiger partial charge on any atom is -0.491 e. The maximum Gasteiger partial charge on any atom is 0.223 e. The smallest absolute Gasteiger partial charge is 0.223 e. The van der Waals surface area contributed by atoms with Gasteiger partial charge in [-0.2, -0.15) is 0 Å². The second kappa shape index (κ2) is 9.46. The minimum atomic E-state index is 0. The third kappa shape index (κ3) is 5.84. The molecule has 1 aliphatic rings. The topological polar surface area (TPSA) is 50.4 Å². The number of halogens is 3. The molecule has 4 nitrogen and oxygen atoms in total. The van der Waals surface area contributed by atoms with Gasteiger partial charge in [-0.3, -0.25) is 4.79 Å². The molecule has 1 amide bonds. The zero-order valence-electron chi connectivity index (χ0n) is 12.4. The summed E-state index contributed by atoms with van der Waals surface area (Å²) in [4.78, 5) is 11.9. The van der Waals surface area contributed by atoms with E-state index in [1.54, 1.807) is 18.2 Å². The van der Waals surface area contributed by atoms with E-state index < -0.39 is 0 Å². The summed E-state index contributed by atoms with van der Waals surface area (Å²) >= 11 is 11.8. The van der Waals surface area contributed by atoms with E-state index in [1.807, 2.05) is 0 Å². The first-order valence-corrected chi connectivity index (χ1v) is 7.90. The molecule has 0 bridgehead atoms. The number of carbonyl (C=O) groups is 1. The minimum absolute atomic E-state index is 0. The van der Waals surface area contributed by atoms with Crippen LogP contribution in [0.3, 0.4) is 0 Å². The van der Waals surface area contributed by atoms with Gasteiger partial charge in [-0.15, -0.1) is 12.4 Å². The van der Waals surface area contributed by atoms with E-state index in [1.165, 1.54) is 0 Å². The van der Waals surface area contributed by atoms with Crippen molar-refractivity contribution < 1.29 is 9.53 Å². The first kappa shape index (κ1) is 19.4. The zero-order chi connectivity index (χ0) is 15.2. The van der Waals surface area contributed by atoms with Crippen LogP contribution in [0, 0.1) is 5.92 Å². The van der Waals surface area contributed by atoms with Crippen LogP contribution in [0.1, 0.15) is 19.8 Å². The molecule has 2 unspecified atom stereocenters. The van der Waals surface area contributed by atoms with Crippen LogP contribution in [0.2, 0.25) is 10.0 Å². The first-order valence-electron chi connectivity index (χ1n) is 7.14. The molecular formula is C15H21Cl3N2O2. The molecular weight excluding hydrogens is 347 g/mol. The van der Waals surface area contributed by atoms with Gasteiger partial charge in [0.15, 0.2) is 0 Å². The Morgan fingerprint density at radius 2 is 2.23 bits per heavy atom. The lowest BCUT2D eigenvalue weighted by Crippen LogP contribution is -2.50. The van der Waals surface area contributed by atoms with Gasteiger partial charge in [0.05, 0.1) is 18.1 Å². The molecule has 22 heavy (non-hydrogen) atoms. The summed E-state index contributed by atoms with van der Waals surface area (Å²) in [5, 5.41) is 7.34. The van der Waals surface area contributed by atoms with Gasteiger partial charge >= 0.3 is 0 Å². The summed E-state index contributed by atoms with van der Waals surface area (Å²) in [7, 11) is 0. The monoisotopic (exact) mass is 366 g/mol. The Bertz CT molecular complexity index is 500. The maximum absolute atomic E-state index is 11.9. The van der Waals surface area contributed by atoms with Gasteiger partial charge in [0.1, 0.15) is 5.75 Å². The molecule has 0 radical (unpaired) electrons. The maximum atomic E-state index is 11.9. The van der Waals surface area contributed by atoms with Crippen molar-refractivity contribution in [2.75, 3.05) is 19.7 Å². The summed E-state index contributed by atoms with van der Waals surface area (Å²) in [5.74, 6) is 1.05. The predicted molar refractivity (Wildman–Crippen MR) is 92.4 cm³/mol. The van der Waals surface area contributed by atoms with Gasteiger partial charge in [0.25, 0.3) is 0 Å². The molecule has 1 aromatic carbocycles. The summed E-state index contributed by atoms with van der Waals surface area (Å²) < 4.78 is 5.51. The van der Waals surface area contributed by atoms with Crippen LogP contribution in [0.15, 0.2) is 18.2 Å². The molecule has 1 fully saturated rings. The van der Waals surface area contributed by atoms with Gasteiger partial charge in [0.2, 0.25) is 5.91 Å². The zero-order valence-corrected chi connectivity index (χ0v) is 14.7. The van der Waals surface area contributed by atoms with Crippen molar-refractivity contribution in [3.63, 3.8) is 0 Å². The fourth-order valence-corrected chi connectivity index (χ4v) is 2.77. The number of nitrogens with one attached hydrogen (secondary N) is 2. The molecule has 0 spiro atoms. The highest BCUT2D eigenvalue weighted by molar-refractivity contribution is 6.35. The van der Waals surface area contributed by atoms with Crippen LogP contribution in [0.25, 0.3) is 0 Å². The van der Waals surface area contributed by atoms with E-state index in [4.69, 9.17) is 27.9 Å². The van der Waals surface area contributed by atoms with Crippen molar-refractivity contribution in [1.29, 1.82) is 0 Å². The van der Waals surface area contributed by atoms with E-state index in [-0.39, 0.29) is 24.4 Å². The average Bonchev–Trinajstić information content (AvgIpc) is 2.44. The van der Waals surface area contributed by atoms with Crippen LogP contribution in [-0.4, -0.2) is 31.6 Å². The molecule has 0 aliphatic carbocycles. The van der Waals surface area contributed by atoms with Gasteiger partial charge in [-0.05, 0) is 37.1 Å². The third-order valence-electron chi connectivity index (χ3n) is 3.65. The molecule has 1 heterocycles. The highest BCUT2D eigenvalue weighted by Crippen LogP contribution is 2.27. The van der Waals surface area contributed by atoms with Crippen LogP contribution in [0.4, 0.5) is 0 Å². The number of hydrogen-bond acceptors (Lipinski definition) is 3. The van der Waals surface area contributed by atoms with Crippen LogP contribution in [-0.2, 0) is 4.79 Å². The summed E-state index contributed by atoms with van der Waals surface area (Å²) in [6.45, 7) is 4.31. The first-order chi connectivity index (χ1) is 10.1. The average molecular weight is 368 g/mol. The number of rotatable bonds is 5. The Hall–Kier alpha value is -0.680. The quantitative estimate of drug-likeness (QED) is 0.839. The molecule has 7 heteroatoms. The Labute approximate surface area is 147 Å². The predicted octanol–water partition coefficient (Wildman–Crippen LogP) is 3.30. The molecule has 2 rings (SSSR count). The van der Waals surface area contributed by atoms with Crippen molar-refractivity contribution in [3.05, 3.63) is 28.2 Å². The second-order valence-corrected chi connectivity index (χ2v) is 6.16.